The zero-order valence-electron chi connectivity index (χ0n) is 16.1. The van der Waals surface area contributed by atoms with Crippen molar-refractivity contribution in [2.45, 2.75) is 4.90 Å². The van der Waals surface area contributed by atoms with Crippen LogP contribution in [0.4, 0.5) is 0 Å². The Hall–Kier alpha value is -2.13. The van der Waals surface area contributed by atoms with Gasteiger partial charge in [0.25, 0.3) is 5.91 Å². The SMILES string of the molecule is Cl.O=C(COc1ccccc1)NCCN1CCN(S(=O)(=O)c2ccccc2)CC1. The molecular weight excluding hydrogens is 414 g/mol. The van der Waals surface area contributed by atoms with Crippen LogP contribution in [0.25, 0.3) is 0 Å². The van der Waals surface area contributed by atoms with E-state index in [1.54, 1.807) is 42.5 Å². The number of nitrogens with one attached hydrogen (secondary N) is 1. The number of hydrogen-bond donors (Lipinski definition) is 1. The Labute approximate surface area is 178 Å². The predicted molar refractivity (Wildman–Crippen MR) is 114 cm³/mol. The van der Waals surface area contributed by atoms with Gasteiger partial charge in [-0.2, -0.15) is 4.31 Å². The highest BCUT2D eigenvalue weighted by Crippen LogP contribution is 2.17. The van der Waals surface area contributed by atoms with Crippen LogP contribution in [0.2, 0.25) is 0 Å². The fourth-order valence-electron chi connectivity index (χ4n) is 3.01. The van der Waals surface area contributed by atoms with E-state index in [0.717, 1.165) is 0 Å². The topological polar surface area (TPSA) is 79.0 Å². The summed E-state index contributed by atoms with van der Waals surface area (Å²) in [5.41, 5.74) is 0. The molecular formula is C20H26ClN3O4S. The summed E-state index contributed by atoms with van der Waals surface area (Å²) in [5.74, 6) is 0.488. The molecule has 0 atom stereocenters. The van der Waals surface area contributed by atoms with Gasteiger partial charge in [-0.05, 0) is 24.3 Å². The highest BCUT2D eigenvalue weighted by molar-refractivity contribution is 7.89. The van der Waals surface area contributed by atoms with Crippen LogP contribution < -0.4 is 10.1 Å². The lowest BCUT2D eigenvalue weighted by Crippen LogP contribution is -2.50. The second-order valence-electron chi connectivity index (χ2n) is 6.51. The van der Waals surface area contributed by atoms with Gasteiger partial charge >= 0.3 is 0 Å². The van der Waals surface area contributed by atoms with Gasteiger partial charge in [-0.3, -0.25) is 9.69 Å². The normalized spacial score (nSPS) is 15.3. The van der Waals surface area contributed by atoms with Crippen LogP contribution in [0.1, 0.15) is 0 Å². The van der Waals surface area contributed by atoms with Crippen molar-refractivity contribution in [2.75, 3.05) is 45.9 Å². The van der Waals surface area contributed by atoms with Crippen molar-refractivity contribution in [1.82, 2.24) is 14.5 Å². The Morgan fingerprint density at radius 1 is 0.931 bits per heavy atom. The minimum atomic E-state index is -3.43. The minimum Gasteiger partial charge on any atom is -0.484 e. The number of carbonyl (C=O) groups excluding carboxylic acids is 1. The van der Waals surface area contributed by atoms with Crippen LogP contribution in [-0.2, 0) is 14.8 Å². The number of carbonyl (C=O) groups is 1. The molecule has 1 N–H and O–H groups in total. The summed E-state index contributed by atoms with van der Waals surface area (Å²) in [6.45, 7) is 3.33. The molecule has 9 heteroatoms. The van der Waals surface area contributed by atoms with Crippen molar-refractivity contribution >= 4 is 28.3 Å². The number of amides is 1. The van der Waals surface area contributed by atoms with E-state index in [2.05, 4.69) is 10.2 Å². The Bertz CT molecular complexity index is 858. The Balaban J connectivity index is 0.00000300. The molecule has 1 aliphatic rings. The first kappa shape index (κ1) is 23.2. The van der Waals surface area contributed by atoms with Crippen LogP contribution in [0.15, 0.2) is 65.6 Å². The van der Waals surface area contributed by atoms with Crippen molar-refractivity contribution in [1.29, 1.82) is 0 Å². The summed E-state index contributed by atoms with van der Waals surface area (Å²) in [6, 6.07) is 17.7. The smallest absolute Gasteiger partial charge is 0.257 e. The highest BCUT2D eigenvalue weighted by atomic mass is 35.5. The molecule has 2 aromatic carbocycles. The number of para-hydroxylation sites is 1. The molecule has 2 aromatic rings. The third kappa shape index (κ3) is 6.71. The molecule has 158 valence electrons. The quantitative estimate of drug-likeness (QED) is 0.676. The fraction of sp³-hybridized carbons (Fsp3) is 0.350. The van der Waals surface area contributed by atoms with Gasteiger partial charge < -0.3 is 10.1 Å². The van der Waals surface area contributed by atoms with E-state index in [1.807, 2.05) is 18.2 Å². The first-order valence-corrected chi connectivity index (χ1v) is 10.7. The van der Waals surface area contributed by atoms with E-state index in [4.69, 9.17) is 4.74 Å². The van der Waals surface area contributed by atoms with Crippen LogP contribution in [0.3, 0.4) is 0 Å². The minimum absolute atomic E-state index is 0. The van der Waals surface area contributed by atoms with Crippen molar-refractivity contribution in [3.8, 4) is 5.75 Å². The highest BCUT2D eigenvalue weighted by Gasteiger charge is 2.28. The first-order chi connectivity index (χ1) is 13.6. The van der Waals surface area contributed by atoms with Gasteiger partial charge in [-0.15, -0.1) is 12.4 Å². The summed E-state index contributed by atoms with van der Waals surface area (Å²) in [5, 5.41) is 2.83. The molecule has 0 aromatic heterocycles. The lowest BCUT2D eigenvalue weighted by molar-refractivity contribution is -0.123. The molecule has 1 heterocycles. The maximum absolute atomic E-state index is 12.6. The molecule has 0 radical (unpaired) electrons. The Kier molecular flexibility index (Phi) is 8.91. The molecule has 1 aliphatic heterocycles. The van der Waals surface area contributed by atoms with E-state index >= 15 is 0 Å². The van der Waals surface area contributed by atoms with E-state index in [0.29, 0.717) is 49.9 Å². The van der Waals surface area contributed by atoms with Crippen molar-refractivity contribution in [3.05, 3.63) is 60.7 Å². The summed E-state index contributed by atoms with van der Waals surface area (Å²) in [6.07, 6.45) is 0. The largest absolute Gasteiger partial charge is 0.484 e. The molecule has 1 fully saturated rings. The average molecular weight is 440 g/mol. The standard InChI is InChI=1S/C20H25N3O4S.ClH/c24-20(17-27-18-7-3-1-4-8-18)21-11-12-22-13-15-23(16-14-22)28(25,26)19-9-5-2-6-10-19;/h1-10H,11-17H2,(H,21,24);1H. The van der Waals surface area contributed by atoms with Crippen LogP contribution in [0.5, 0.6) is 5.75 Å². The molecule has 0 spiro atoms. The van der Waals surface area contributed by atoms with E-state index in [1.165, 1.54) is 4.31 Å². The fourth-order valence-corrected chi connectivity index (χ4v) is 4.45. The number of sulfonamides is 1. The van der Waals surface area contributed by atoms with Gasteiger partial charge in [0.05, 0.1) is 4.90 Å². The molecule has 29 heavy (non-hydrogen) atoms. The summed E-state index contributed by atoms with van der Waals surface area (Å²) in [4.78, 5) is 14.3. The van der Waals surface area contributed by atoms with Gasteiger partial charge in [0, 0.05) is 39.3 Å². The van der Waals surface area contributed by atoms with E-state index < -0.39 is 10.0 Å². The maximum atomic E-state index is 12.6. The van der Waals surface area contributed by atoms with Gasteiger partial charge in [-0.25, -0.2) is 8.42 Å². The zero-order valence-corrected chi connectivity index (χ0v) is 17.7. The Morgan fingerprint density at radius 2 is 1.52 bits per heavy atom. The second-order valence-corrected chi connectivity index (χ2v) is 8.45. The number of ether oxygens (including phenoxy) is 1. The summed E-state index contributed by atoms with van der Waals surface area (Å²) >= 11 is 0. The summed E-state index contributed by atoms with van der Waals surface area (Å²) < 4.78 is 32.2. The molecule has 0 unspecified atom stereocenters. The van der Waals surface area contributed by atoms with E-state index in [9.17, 15) is 13.2 Å². The number of hydrogen-bond acceptors (Lipinski definition) is 5. The number of nitrogens with zero attached hydrogens (tertiary/aromatic N) is 2. The molecule has 1 amide bonds. The number of piperazine rings is 1. The number of benzene rings is 2. The lowest BCUT2D eigenvalue weighted by atomic mass is 10.3. The van der Waals surface area contributed by atoms with Gasteiger partial charge in [0.2, 0.25) is 10.0 Å². The third-order valence-electron chi connectivity index (χ3n) is 4.58. The maximum Gasteiger partial charge on any atom is 0.257 e. The van der Waals surface area contributed by atoms with Crippen LogP contribution in [0, 0.1) is 0 Å². The van der Waals surface area contributed by atoms with Crippen LogP contribution >= 0.6 is 12.4 Å². The second kappa shape index (κ2) is 11.2. The zero-order chi connectivity index (χ0) is 19.8. The van der Waals surface area contributed by atoms with E-state index in [-0.39, 0.29) is 24.9 Å². The molecule has 7 nitrogen and oxygen atoms in total. The van der Waals surface area contributed by atoms with Crippen molar-refractivity contribution < 1.29 is 17.9 Å². The first-order valence-electron chi connectivity index (χ1n) is 9.28. The Morgan fingerprint density at radius 3 is 2.14 bits per heavy atom. The molecule has 0 saturated carbocycles. The van der Waals surface area contributed by atoms with Crippen molar-refractivity contribution in [3.63, 3.8) is 0 Å². The van der Waals surface area contributed by atoms with Crippen molar-refractivity contribution in [2.24, 2.45) is 0 Å². The van der Waals surface area contributed by atoms with Gasteiger partial charge in [0.15, 0.2) is 6.61 Å². The average Bonchev–Trinajstić information content (AvgIpc) is 2.74. The predicted octanol–water partition coefficient (Wildman–Crippen LogP) is 1.61. The number of rotatable bonds is 8. The molecule has 0 aliphatic carbocycles. The lowest BCUT2D eigenvalue weighted by Gasteiger charge is -2.33. The molecule has 1 saturated heterocycles. The molecule has 3 rings (SSSR count). The van der Waals surface area contributed by atoms with Gasteiger partial charge in [0.1, 0.15) is 5.75 Å². The van der Waals surface area contributed by atoms with Gasteiger partial charge in [-0.1, -0.05) is 36.4 Å². The van der Waals surface area contributed by atoms with Crippen LogP contribution in [-0.4, -0.2) is 69.4 Å². The monoisotopic (exact) mass is 439 g/mol. The number of halogens is 1. The molecule has 0 bridgehead atoms. The summed E-state index contributed by atoms with van der Waals surface area (Å²) in [7, 11) is -3.43. The third-order valence-corrected chi connectivity index (χ3v) is 6.49.